The van der Waals surface area contributed by atoms with Crippen molar-refractivity contribution in [3.05, 3.63) is 48.0 Å². The number of amides is 2. The van der Waals surface area contributed by atoms with Crippen LogP contribution in [0.4, 0.5) is 0 Å². The Bertz CT molecular complexity index is 948. The standard InChI is InChI=1S/C30H42N2O5/c33-21-29(15-7-8-16-29)31-26(34)20-24-13-5-2-6-14-25(19-23-11-3-1-4-12-23)28(36)37-22-30(32-27(24)35)17-9-10-18-30/h1-5,11-12,24-25,33H,6-10,13-22H2,(H,31,34)(H,32,35). The highest BCUT2D eigenvalue weighted by Crippen LogP contribution is 2.32. The first-order valence-electron chi connectivity index (χ1n) is 14.0. The maximum Gasteiger partial charge on any atom is 0.309 e. The van der Waals surface area contributed by atoms with Gasteiger partial charge in [-0.05, 0) is 56.9 Å². The third-order valence-corrected chi connectivity index (χ3v) is 8.44. The fraction of sp³-hybridized carbons (Fsp3) is 0.633. The van der Waals surface area contributed by atoms with E-state index in [1.807, 2.05) is 42.5 Å². The zero-order valence-corrected chi connectivity index (χ0v) is 21.9. The maximum absolute atomic E-state index is 13.5. The number of ether oxygens (including phenoxy) is 1. The molecule has 1 spiro atoms. The Morgan fingerprint density at radius 3 is 2.41 bits per heavy atom. The molecule has 0 saturated heterocycles. The van der Waals surface area contributed by atoms with Gasteiger partial charge in [-0.15, -0.1) is 0 Å². The van der Waals surface area contributed by atoms with Gasteiger partial charge < -0.3 is 20.5 Å². The Balaban J connectivity index is 1.47. The fourth-order valence-electron chi connectivity index (χ4n) is 6.15. The molecule has 2 fully saturated rings. The number of benzene rings is 1. The summed E-state index contributed by atoms with van der Waals surface area (Å²) >= 11 is 0. The Morgan fingerprint density at radius 1 is 1.00 bits per heavy atom. The highest BCUT2D eigenvalue weighted by atomic mass is 16.5. The summed E-state index contributed by atoms with van der Waals surface area (Å²) < 4.78 is 5.87. The van der Waals surface area contributed by atoms with Crippen molar-refractivity contribution in [2.45, 2.75) is 94.5 Å². The van der Waals surface area contributed by atoms with Crippen LogP contribution in [0.25, 0.3) is 0 Å². The van der Waals surface area contributed by atoms with E-state index >= 15 is 0 Å². The molecule has 2 atom stereocenters. The van der Waals surface area contributed by atoms with Crippen LogP contribution in [0, 0.1) is 11.8 Å². The van der Waals surface area contributed by atoms with Gasteiger partial charge in [-0.2, -0.15) is 0 Å². The van der Waals surface area contributed by atoms with Gasteiger partial charge in [0.25, 0.3) is 0 Å². The van der Waals surface area contributed by atoms with Gasteiger partial charge in [0.2, 0.25) is 11.8 Å². The van der Waals surface area contributed by atoms with Crippen molar-refractivity contribution in [2.24, 2.45) is 11.8 Å². The molecule has 202 valence electrons. The molecule has 0 aromatic heterocycles. The van der Waals surface area contributed by atoms with Gasteiger partial charge in [0.05, 0.1) is 29.5 Å². The predicted octanol–water partition coefficient (Wildman–Crippen LogP) is 3.99. The van der Waals surface area contributed by atoms with Crippen molar-refractivity contribution >= 4 is 17.8 Å². The van der Waals surface area contributed by atoms with Gasteiger partial charge in [0.1, 0.15) is 6.61 Å². The van der Waals surface area contributed by atoms with E-state index in [1.165, 1.54) is 0 Å². The minimum absolute atomic E-state index is 0.0738. The van der Waals surface area contributed by atoms with E-state index in [-0.39, 0.29) is 43.3 Å². The summed E-state index contributed by atoms with van der Waals surface area (Å²) in [5, 5.41) is 16.1. The molecule has 0 bridgehead atoms. The first-order valence-corrected chi connectivity index (χ1v) is 14.0. The summed E-state index contributed by atoms with van der Waals surface area (Å²) in [4.78, 5) is 39.6. The lowest BCUT2D eigenvalue weighted by Gasteiger charge is -2.32. The third-order valence-electron chi connectivity index (χ3n) is 8.44. The summed E-state index contributed by atoms with van der Waals surface area (Å²) in [5.74, 6) is -1.32. The summed E-state index contributed by atoms with van der Waals surface area (Å²) in [5.41, 5.74) is -0.0223. The van der Waals surface area contributed by atoms with E-state index in [1.54, 1.807) is 0 Å². The van der Waals surface area contributed by atoms with E-state index in [0.717, 1.165) is 56.9 Å². The molecule has 3 aliphatic rings. The number of carbonyl (C=O) groups is 3. The summed E-state index contributed by atoms with van der Waals surface area (Å²) in [6.45, 7) is 0.0942. The summed E-state index contributed by atoms with van der Waals surface area (Å²) in [6, 6.07) is 10.00. The molecule has 1 aromatic carbocycles. The molecule has 2 unspecified atom stereocenters. The molecular weight excluding hydrogens is 468 g/mol. The monoisotopic (exact) mass is 510 g/mol. The number of allylic oxidation sites excluding steroid dienone is 2. The van der Waals surface area contributed by atoms with Crippen LogP contribution in [0.1, 0.15) is 82.6 Å². The number of nitrogens with one attached hydrogen (secondary N) is 2. The second-order valence-corrected chi connectivity index (χ2v) is 11.4. The van der Waals surface area contributed by atoms with Crippen LogP contribution in [0.5, 0.6) is 0 Å². The lowest BCUT2D eigenvalue weighted by Crippen LogP contribution is -2.53. The largest absolute Gasteiger partial charge is 0.463 e. The molecule has 4 rings (SSSR count). The Labute approximate surface area is 220 Å². The zero-order valence-electron chi connectivity index (χ0n) is 21.9. The summed E-state index contributed by atoms with van der Waals surface area (Å²) in [6.07, 6.45) is 13.5. The first-order chi connectivity index (χ1) is 17.9. The lowest BCUT2D eigenvalue weighted by atomic mass is 9.93. The van der Waals surface area contributed by atoms with Gasteiger partial charge in [-0.1, -0.05) is 68.2 Å². The third kappa shape index (κ3) is 7.44. The number of cyclic esters (lactones) is 1. The zero-order chi connectivity index (χ0) is 26.1. The second kappa shape index (κ2) is 12.7. The van der Waals surface area contributed by atoms with Gasteiger partial charge in [-0.25, -0.2) is 0 Å². The quantitative estimate of drug-likeness (QED) is 0.397. The van der Waals surface area contributed by atoms with E-state index in [9.17, 15) is 19.5 Å². The topological polar surface area (TPSA) is 105 Å². The van der Waals surface area contributed by atoms with Crippen LogP contribution < -0.4 is 10.6 Å². The molecule has 2 saturated carbocycles. The van der Waals surface area contributed by atoms with Crippen molar-refractivity contribution in [3.8, 4) is 0 Å². The number of hydrogen-bond donors (Lipinski definition) is 3. The molecule has 1 aromatic rings. The maximum atomic E-state index is 13.5. The average molecular weight is 511 g/mol. The minimum atomic E-state index is -0.575. The Kier molecular flexibility index (Phi) is 9.41. The molecule has 7 nitrogen and oxygen atoms in total. The van der Waals surface area contributed by atoms with E-state index in [4.69, 9.17) is 4.74 Å². The van der Waals surface area contributed by atoms with E-state index in [2.05, 4.69) is 10.6 Å². The molecule has 2 aliphatic carbocycles. The lowest BCUT2D eigenvalue weighted by molar-refractivity contribution is -0.152. The number of carbonyl (C=O) groups excluding carboxylic acids is 3. The Morgan fingerprint density at radius 2 is 1.70 bits per heavy atom. The highest BCUT2D eigenvalue weighted by Gasteiger charge is 2.40. The van der Waals surface area contributed by atoms with Crippen LogP contribution in [0.3, 0.4) is 0 Å². The number of aliphatic hydroxyl groups is 1. The normalized spacial score (nSPS) is 26.0. The van der Waals surface area contributed by atoms with Crippen molar-refractivity contribution in [2.75, 3.05) is 13.2 Å². The second-order valence-electron chi connectivity index (χ2n) is 11.4. The molecule has 1 aliphatic heterocycles. The number of rotatable bonds is 6. The summed E-state index contributed by atoms with van der Waals surface area (Å²) in [7, 11) is 0. The number of esters is 1. The number of aliphatic hydroxyl groups excluding tert-OH is 1. The average Bonchev–Trinajstić information content (AvgIpc) is 3.56. The van der Waals surface area contributed by atoms with Crippen molar-refractivity contribution < 1.29 is 24.2 Å². The molecule has 2 amide bonds. The van der Waals surface area contributed by atoms with E-state index in [0.29, 0.717) is 25.7 Å². The molecule has 3 N–H and O–H groups in total. The SMILES string of the molecule is O=C(CC1CC=CCCC(Cc2ccccc2)C(=O)OCC2(CCCC2)NC1=O)NC1(CO)CCCC1. The van der Waals surface area contributed by atoms with Crippen LogP contribution in [-0.4, -0.2) is 47.2 Å². The van der Waals surface area contributed by atoms with Crippen LogP contribution in [0.2, 0.25) is 0 Å². The first kappa shape index (κ1) is 27.4. The number of hydrogen-bond acceptors (Lipinski definition) is 5. The van der Waals surface area contributed by atoms with Crippen LogP contribution in [-0.2, 0) is 25.5 Å². The highest BCUT2D eigenvalue weighted by molar-refractivity contribution is 5.86. The molecule has 37 heavy (non-hydrogen) atoms. The van der Waals surface area contributed by atoms with Crippen molar-refractivity contribution in [1.29, 1.82) is 0 Å². The molecule has 7 heteroatoms. The van der Waals surface area contributed by atoms with Gasteiger partial charge in [-0.3, -0.25) is 14.4 Å². The van der Waals surface area contributed by atoms with Crippen LogP contribution in [0.15, 0.2) is 42.5 Å². The predicted molar refractivity (Wildman–Crippen MR) is 141 cm³/mol. The minimum Gasteiger partial charge on any atom is -0.463 e. The molecule has 1 heterocycles. The van der Waals surface area contributed by atoms with Crippen molar-refractivity contribution in [1.82, 2.24) is 10.6 Å². The fourth-order valence-corrected chi connectivity index (χ4v) is 6.15. The van der Waals surface area contributed by atoms with Crippen molar-refractivity contribution in [3.63, 3.8) is 0 Å². The molecular formula is C30H42N2O5. The van der Waals surface area contributed by atoms with Gasteiger partial charge in [0, 0.05) is 6.42 Å². The smallest absolute Gasteiger partial charge is 0.309 e. The Hall–Kier alpha value is -2.67. The van der Waals surface area contributed by atoms with Gasteiger partial charge in [0.15, 0.2) is 0 Å². The van der Waals surface area contributed by atoms with Crippen LogP contribution >= 0.6 is 0 Å². The van der Waals surface area contributed by atoms with Gasteiger partial charge >= 0.3 is 5.97 Å². The molecule has 0 radical (unpaired) electrons. The van der Waals surface area contributed by atoms with E-state index < -0.39 is 17.0 Å².